The van der Waals surface area contributed by atoms with Crippen molar-refractivity contribution < 1.29 is 9.53 Å². The maximum Gasteiger partial charge on any atom is 0.277 e. The number of hydrogen-bond acceptors (Lipinski definition) is 5. The fourth-order valence-corrected chi connectivity index (χ4v) is 2.81. The van der Waals surface area contributed by atoms with Gasteiger partial charge in [0, 0.05) is 18.8 Å². The normalized spacial score (nSPS) is 17.0. The van der Waals surface area contributed by atoms with Crippen LogP contribution in [0.4, 0.5) is 5.69 Å². The number of amides is 1. The third kappa shape index (κ3) is 3.63. The molecule has 1 saturated heterocycles. The fraction of sp³-hybridized carbons (Fsp3) is 0.211. The van der Waals surface area contributed by atoms with E-state index in [2.05, 4.69) is 20.8 Å². The fourth-order valence-electron chi connectivity index (χ4n) is 2.81. The highest BCUT2D eigenvalue weighted by Crippen LogP contribution is 2.21. The highest BCUT2D eigenvalue weighted by atomic mass is 16.5. The summed E-state index contributed by atoms with van der Waals surface area (Å²) < 4.78 is 5.73. The lowest BCUT2D eigenvalue weighted by Crippen LogP contribution is -2.33. The number of benzene rings is 2. The van der Waals surface area contributed by atoms with Crippen LogP contribution in [0.3, 0.4) is 0 Å². The molecule has 0 unspecified atom stereocenters. The van der Waals surface area contributed by atoms with E-state index in [-0.39, 0.29) is 17.7 Å². The van der Waals surface area contributed by atoms with Gasteiger partial charge in [0.05, 0.1) is 24.6 Å². The molecule has 0 spiro atoms. The first-order valence-electron chi connectivity index (χ1n) is 8.51. The molecule has 4 rings (SSSR count). The van der Waals surface area contributed by atoms with Gasteiger partial charge in [-0.1, -0.05) is 30.3 Å². The van der Waals surface area contributed by atoms with Crippen LogP contribution < -0.4 is 10.6 Å². The molecule has 1 atom stereocenters. The van der Waals surface area contributed by atoms with Gasteiger partial charge in [0.2, 0.25) is 0 Å². The van der Waals surface area contributed by atoms with Crippen LogP contribution in [0.2, 0.25) is 0 Å². The smallest absolute Gasteiger partial charge is 0.277 e. The Morgan fingerprint density at radius 3 is 2.69 bits per heavy atom. The van der Waals surface area contributed by atoms with Crippen LogP contribution in [-0.2, 0) is 4.74 Å². The zero-order valence-electron chi connectivity index (χ0n) is 14.1. The van der Waals surface area contributed by atoms with E-state index in [1.165, 1.54) is 11.0 Å². The SMILES string of the molecule is O=C(Nc1ccc([C@@H]2CNCCO2)cc1)c1cnn(-c2ccccc2)n1. The molecule has 0 saturated carbocycles. The number of anilines is 1. The summed E-state index contributed by atoms with van der Waals surface area (Å²) in [6.45, 7) is 2.39. The molecule has 7 nitrogen and oxygen atoms in total. The lowest BCUT2D eigenvalue weighted by Gasteiger charge is -2.24. The Morgan fingerprint density at radius 2 is 1.96 bits per heavy atom. The summed E-state index contributed by atoms with van der Waals surface area (Å²) in [6, 6.07) is 17.1. The first-order chi connectivity index (χ1) is 12.8. The maximum absolute atomic E-state index is 12.4. The Morgan fingerprint density at radius 1 is 1.15 bits per heavy atom. The van der Waals surface area contributed by atoms with Gasteiger partial charge in [-0.05, 0) is 29.8 Å². The van der Waals surface area contributed by atoms with Crippen LogP contribution in [0.15, 0.2) is 60.8 Å². The quantitative estimate of drug-likeness (QED) is 0.755. The number of morpholine rings is 1. The number of para-hydroxylation sites is 1. The van der Waals surface area contributed by atoms with Gasteiger partial charge in [0.1, 0.15) is 0 Å². The van der Waals surface area contributed by atoms with Crippen LogP contribution in [0, 0.1) is 0 Å². The number of rotatable bonds is 4. The molecule has 2 N–H and O–H groups in total. The monoisotopic (exact) mass is 349 g/mol. The van der Waals surface area contributed by atoms with Crippen molar-refractivity contribution in [3.63, 3.8) is 0 Å². The zero-order chi connectivity index (χ0) is 17.8. The number of carbonyl (C=O) groups excluding carboxylic acids is 1. The van der Waals surface area contributed by atoms with Crippen molar-refractivity contribution in [1.82, 2.24) is 20.3 Å². The largest absolute Gasteiger partial charge is 0.371 e. The van der Waals surface area contributed by atoms with Crippen molar-refractivity contribution in [2.45, 2.75) is 6.10 Å². The van der Waals surface area contributed by atoms with Gasteiger partial charge in [-0.15, -0.1) is 5.10 Å². The molecule has 0 bridgehead atoms. The topological polar surface area (TPSA) is 81.1 Å². The number of aromatic nitrogens is 3. The average molecular weight is 349 g/mol. The van der Waals surface area contributed by atoms with E-state index < -0.39 is 0 Å². The lowest BCUT2D eigenvalue weighted by molar-refractivity contribution is 0.0277. The van der Waals surface area contributed by atoms with Crippen molar-refractivity contribution in [3.8, 4) is 5.69 Å². The molecule has 3 aromatic rings. The number of nitrogens with zero attached hydrogens (tertiary/aromatic N) is 3. The number of hydrogen-bond donors (Lipinski definition) is 2. The van der Waals surface area contributed by atoms with Crippen LogP contribution in [0.1, 0.15) is 22.2 Å². The van der Waals surface area contributed by atoms with E-state index in [9.17, 15) is 4.79 Å². The maximum atomic E-state index is 12.4. The van der Waals surface area contributed by atoms with Crippen molar-refractivity contribution >= 4 is 11.6 Å². The minimum Gasteiger partial charge on any atom is -0.371 e. The Balaban J connectivity index is 1.42. The second-order valence-electron chi connectivity index (χ2n) is 5.99. The summed E-state index contributed by atoms with van der Waals surface area (Å²) in [4.78, 5) is 13.8. The van der Waals surface area contributed by atoms with Gasteiger partial charge in [-0.2, -0.15) is 9.90 Å². The van der Waals surface area contributed by atoms with E-state index in [1.807, 2.05) is 54.6 Å². The molecule has 0 radical (unpaired) electrons. The minimum atomic E-state index is -0.296. The molecule has 2 heterocycles. The highest BCUT2D eigenvalue weighted by Gasteiger charge is 2.16. The van der Waals surface area contributed by atoms with Gasteiger partial charge in [0.15, 0.2) is 5.69 Å². The third-order valence-electron chi connectivity index (χ3n) is 4.18. The molecule has 1 aromatic heterocycles. The number of nitrogens with one attached hydrogen (secondary N) is 2. The Kier molecular flexibility index (Phi) is 4.72. The second kappa shape index (κ2) is 7.47. The summed E-state index contributed by atoms with van der Waals surface area (Å²) in [5.41, 5.74) is 2.86. The summed E-state index contributed by atoms with van der Waals surface area (Å²) in [5.74, 6) is -0.296. The molecule has 26 heavy (non-hydrogen) atoms. The van der Waals surface area contributed by atoms with Crippen LogP contribution in [0.5, 0.6) is 0 Å². The predicted molar refractivity (Wildman–Crippen MR) is 97.3 cm³/mol. The van der Waals surface area contributed by atoms with E-state index in [1.54, 1.807) is 0 Å². The number of carbonyl (C=O) groups is 1. The Hall–Kier alpha value is -3.03. The third-order valence-corrected chi connectivity index (χ3v) is 4.18. The van der Waals surface area contributed by atoms with Crippen molar-refractivity contribution in [3.05, 3.63) is 72.1 Å². The molecule has 1 aliphatic heterocycles. The molecule has 132 valence electrons. The highest BCUT2D eigenvalue weighted by molar-refractivity contribution is 6.02. The van der Waals surface area contributed by atoms with Gasteiger partial charge in [0.25, 0.3) is 5.91 Å². The average Bonchev–Trinajstić information content (AvgIpc) is 3.20. The van der Waals surface area contributed by atoms with Crippen molar-refractivity contribution in [2.24, 2.45) is 0 Å². The van der Waals surface area contributed by atoms with Gasteiger partial charge in [-0.25, -0.2) is 0 Å². The van der Waals surface area contributed by atoms with Gasteiger partial charge < -0.3 is 15.4 Å². The molecular weight excluding hydrogens is 330 g/mol. The van der Waals surface area contributed by atoms with E-state index in [4.69, 9.17) is 4.74 Å². The van der Waals surface area contributed by atoms with Gasteiger partial charge in [-0.3, -0.25) is 4.79 Å². The molecule has 1 fully saturated rings. The van der Waals surface area contributed by atoms with E-state index >= 15 is 0 Å². The summed E-state index contributed by atoms with van der Waals surface area (Å²) >= 11 is 0. The summed E-state index contributed by atoms with van der Waals surface area (Å²) in [5, 5.41) is 14.5. The first-order valence-corrected chi connectivity index (χ1v) is 8.51. The van der Waals surface area contributed by atoms with Gasteiger partial charge >= 0.3 is 0 Å². The standard InChI is InChI=1S/C19H19N5O2/c25-19(17-12-21-24(23-17)16-4-2-1-3-5-16)22-15-8-6-14(7-9-15)18-13-20-10-11-26-18/h1-9,12,18,20H,10-11,13H2,(H,22,25)/t18-/m0/s1. The lowest BCUT2D eigenvalue weighted by atomic mass is 10.1. The van der Waals surface area contributed by atoms with Crippen molar-refractivity contribution in [2.75, 3.05) is 25.0 Å². The molecule has 1 amide bonds. The predicted octanol–water partition coefficient (Wildman–Crippen LogP) is 2.18. The molecular formula is C19H19N5O2. The Bertz CT molecular complexity index is 870. The van der Waals surface area contributed by atoms with Crippen LogP contribution in [0.25, 0.3) is 5.69 Å². The number of ether oxygens (including phenoxy) is 1. The molecule has 1 aliphatic rings. The van der Waals surface area contributed by atoms with Crippen LogP contribution in [-0.4, -0.2) is 40.6 Å². The molecule has 2 aromatic carbocycles. The molecule has 0 aliphatic carbocycles. The van der Waals surface area contributed by atoms with E-state index in [0.29, 0.717) is 12.3 Å². The first kappa shape index (κ1) is 16.4. The summed E-state index contributed by atoms with van der Waals surface area (Å²) in [7, 11) is 0. The second-order valence-corrected chi connectivity index (χ2v) is 5.99. The summed E-state index contributed by atoms with van der Waals surface area (Å²) in [6.07, 6.45) is 1.51. The zero-order valence-corrected chi connectivity index (χ0v) is 14.1. The van der Waals surface area contributed by atoms with Crippen molar-refractivity contribution in [1.29, 1.82) is 0 Å². The minimum absolute atomic E-state index is 0.0549. The Labute approximate surface area is 151 Å². The molecule has 7 heteroatoms. The van der Waals surface area contributed by atoms with E-state index in [0.717, 1.165) is 24.3 Å². The van der Waals surface area contributed by atoms with Crippen LogP contribution >= 0.6 is 0 Å².